The first-order valence-electron chi connectivity index (χ1n) is 15.9. The van der Waals surface area contributed by atoms with E-state index in [-0.39, 0.29) is 12.3 Å². The summed E-state index contributed by atoms with van der Waals surface area (Å²) in [6.45, 7) is 2.02. The van der Waals surface area contributed by atoms with Gasteiger partial charge in [0.05, 0.1) is 5.71 Å². The molecule has 6 aromatic rings. The third-order valence-electron chi connectivity index (χ3n) is 9.26. The lowest BCUT2D eigenvalue weighted by molar-refractivity contribution is 0.401. The number of hydrogen-bond donors (Lipinski definition) is 0. The molecular formula is C41H35N5. The molecule has 0 spiro atoms. The summed E-state index contributed by atoms with van der Waals surface area (Å²) < 4.78 is 0. The summed E-state index contributed by atoms with van der Waals surface area (Å²) in [6, 6.07) is 39.5. The Bertz CT molecular complexity index is 2310. The van der Waals surface area contributed by atoms with Crippen LogP contribution in [-0.2, 0) is 0 Å². The van der Waals surface area contributed by atoms with Crippen LogP contribution in [0.15, 0.2) is 148 Å². The van der Waals surface area contributed by atoms with Gasteiger partial charge >= 0.3 is 0 Å². The Morgan fingerprint density at radius 1 is 0.696 bits per heavy atom. The number of rotatable bonds is 7. The fraction of sp³-hybridized carbons (Fsp3) is 0.146. The van der Waals surface area contributed by atoms with Gasteiger partial charge in [-0.2, -0.15) is 5.01 Å². The topological polar surface area (TPSA) is 43.1 Å². The molecule has 0 amide bonds. The second-order valence-corrected chi connectivity index (χ2v) is 11.8. The summed E-state index contributed by atoms with van der Waals surface area (Å²) in [4.78, 5) is 14.6. The molecule has 2 heterocycles. The normalized spacial score (nSPS) is 20.1. The minimum Gasteiger partial charge on any atom is -0.293 e. The summed E-state index contributed by atoms with van der Waals surface area (Å²) in [5, 5.41) is 14.7. The first-order valence-corrected chi connectivity index (χ1v) is 15.9. The molecule has 0 radical (unpaired) electrons. The van der Waals surface area contributed by atoms with Crippen molar-refractivity contribution in [3.63, 3.8) is 0 Å². The van der Waals surface area contributed by atoms with Gasteiger partial charge in [0, 0.05) is 37.4 Å². The van der Waals surface area contributed by atoms with Crippen LogP contribution in [-0.4, -0.2) is 47.5 Å². The van der Waals surface area contributed by atoms with E-state index in [9.17, 15) is 0 Å². The molecule has 5 nitrogen and oxygen atoms in total. The third-order valence-corrected chi connectivity index (χ3v) is 9.26. The maximum Gasteiger partial charge on any atom is 0.166 e. The van der Waals surface area contributed by atoms with Crippen LogP contribution in [0, 0.1) is 0 Å². The fourth-order valence-electron chi connectivity index (χ4n) is 7.10. The Labute approximate surface area is 269 Å². The lowest BCUT2D eigenvalue weighted by atomic mass is 9.95. The predicted octanol–water partition coefficient (Wildman–Crippen LogP) is 9.28. The molecule has 2 aliphatic rings. The Hall–Kier alpha value is -5.39. The molecule has 224 valence electrons. The highest BCUT2D eigenvalue weighted by Gasteiger charge is 2.58. The predicted molar refractivity (Wildman–Crippen MR) is 195 cm³/mol. The van der Waals surface area contributed by atoms with Crippen molar-refractivity contribution in [2.45, 2.75) is 25.7 Å². The number of benzene rings is 6. The number of fused-ring (bicyclic) bond motifs is 7. The van der Waals surface area contributed by atoms with E-state index in [0.717, 1.165) is 29.2 Å². The highest BCUT2D eigenvalue weighted by molar-refractivity contribution is 6.20. The van der Waals surface area contributed by atoms with E-state index in [1.54, 1.807) is 0 Å². The second kappa shape index (κ2) is 11.5. The van der Waals surface area contributed by atoms with Crippen molar-refractivity contribution < 1.29 is 0 Å². The molecule has 3 unspecified atom stereocenters. The molecule has 6 aromatic carbocycles. The molecule has 1 saturated heterocycles. The Kier molecular flexibility index (Phi) is 7.04. The van der Waals surface area contributed by atoms with Crippen molar-refractivity contribution in [3.05, 3.63) is 145 Å². The van der Waals surface area contributed by atoms with E-state index in [4.69, 9.17) is 9.98 Å². The van der Waals surface area contributed by atoms with Crippen LogP contribution in [0.3, 0.4) is 0 Å². The molecular weight excluding hydrogens is 562 g/mol. The molecule has 0 aliphatic carbocycles. The first-order chi connectivity index (χ1) is 22.7. The molecule has 1 fully saturated rings. The van der Waals surface area contributed by atoms with Gasteiger partial charge in [0.15, 0.2) is 6.17 Å². The molecule has 46 heavy (non-hydrogen) atoms. The van der Waals surface area contributed by atoms with Gasteiger partial charge in [-0.15, -0.1) is 0 Å². The summed E-state index contributed by atoms with van der Waals surface area (Å²) in [6.07, 6.45) is 8.86. The van der Waals surface area contributed by atoms with Crippen molar-refractivity contribution in [3.8, 4) is 0 Å². The van der Waals surface area contributed by atoms with Crippen molar-refractivity contribution in [1.29, 1.82) is 0 Å². The third kappa shape index (κ3) is 4.55. The lowest BCUT2D eigenvalue weighted by Gasteiger charge is -2.15. The molecule has 5 heteroatoms. The Balaban J connectivity index is 1.30. The quantitative estimate of drug-likeness (QED) is 0.105. The van der Waals surface area contributed by atoms with Gasteiger partial charge in [0.2, 0.25) is 0 Å². The largest absolute Gasteiger partial charge is 0.293 e. The standard InChI is InChI=1S/C41H35N5/c1-4-14-29(42-2)17-13-24-38(43-3)40-44-39(36-25-27-15-5-7-18-30(27)32-20-9-11-22-34(32)36)45-41(46(40)45)37-26-28-16-6-8-19-31(28)33-21-10-12-23-35(33)37/h4-16,18-26,40-41H,17H2,1-3H3/b14-4-,24-13-,42-29?,43-38?. The molecule has 0 aromatic heterocycles. The van der Waals surface area contributed by atoms with Gasteiger partial charge in [0.1, 0.15) is 12.0 Å². The minimum atomic E-state index is -0.250. The van der Waals surface area contributed by atoms with Gasteiger partial charge in [-0.3, -0.25) is 15.0 Å². The van der Waals surface area contributed by atoms with Crippen LogP contribution in [0.1, 0.15) is 30.6 Å². The van der Waals surface area contributed by atoms with E-state index in [0.29, 0.717) is 0 Å². The highest BCUT2D eigenvalue weighted by Crippen LogP contribution is 2.52. The zero-order valence-electron chi connectivity index (χ0n) is 26.3. The first kappa shape index (κ1) is 28.1. The fourth-order valence-corrected chi connectivity index (χ4v) is 7.10. The van der Waals surface area contributed by atoms with Gasteiger partial charge < -0.3 is 0 Å². The minimum absolute atomic E-state index is 0.0261. The van der Waals surface area contributed by atoms with E-state index in [1.165, 1.54) is 48.7 Å². The van der Waals surface area contributed by atoms with Crippen molar-refractivity contribution >= 4 is 60.3 Å². The van der Waals surface area contributed by atoms with Gasteiger partial charge in [-0.1, -0.05) is 109 Å². The van der Waals surface area contributed by atoms with Crippen LogP contribution in [0.2, 0.25) is 0 Å². The monoisotopic (exact) mass is 597 g/mol. The van der Waals surface area contributed by atoms with Crippen LogP contribution in [0.5, 0.6) is 0 Å². The van der Waals surface area contributed by atoms with Crippen molar-refractivity contribution in [1.82, 2.24) is 10.0 Å². The SMILES string of the molecule is C/C=C\C(C/C=C\C(=NC)C1N=C(c2cc3ccccc3c3ccccc23)N2C(c3cc4ccccc4c4ccccc34)N12)=NC. The average Bonchev–Trinajstić information content (AvgIpc) is 3.72. The lowest BCUT2D eigenvalue weighted by Crippen LogP contribution is -2.24. The summed E-state index contributed by atoms with van der Waals surface area (Å²) in [5.74, 6) is 0.980. The molecule has 0 N–H and O–H groups in total. The van der Waals surface area contributed by atoms with E-state index >= 15 is 0 Å². The summed E-state index contributed by atoms with van der Waals surface area (Å²) in [5.41, 5.74) is 4.38. The number of aliphatic imine (C=N–C) groups is 3. The molecule has 0 saturated carbocycles. The Morgan fingerprint density at radius 3 is 1.93 bits per heavy atom. The van der Waals surface area contributed by atoms with Gasteiger partial charge in [0.25, 0.3) is 0 Å². The van der Waals surface area contributed by atoms with Crippen LogP contribution >= 0.6 is 0 Å². The van der Waals surface area contributed by atoms with E-state index in [2.05, 4.69) is 142 Å². The van der Waals surface area contributed by atoms with Crippen LogP contribution in [0.4, 0.5) is 0 Å². The van der Waals surface area contributed by atoms with E-state index < -0.39 is 0 Å². The number of nitrogens with zero attached hydrogens (tertiary/aromatic N) is 5. The number of hydrazine groups is 1. The second-order valence-electron chi connectivity index (χ2n) is 11.8. The van der Waals surface area contributed by atoms with Gasteiger partial charge in [-0.05, 0) is 74.3 Å². The van der Waals surface area contributed by atoms with Crippen molar-refractivity contribution in [2.24, 2.45) is 15.0 Å². The highest BCUT2D eigenvalue weighted by atomic mass is 15.9. The van der Waals surface area contributed by atoms with Gasteiger partial charge in [-0.25, -0.2) is 4.99 Å². The molecule has 3 atom stereocenters. The zero-order valence-corrected chi connectivity index (χ0v) is 26.3. The molecule has 2 aliphatic heterocycles. The van der Waals surface area contributed by atoms with Crippen LogP contribution in [0.25, 0.3) is 43.1 Å². The zero-order chi connectivity index (χ0) is 31.2. The number of hydrogen-bond acceptors (Lipinski definition) is 5. The molecule has 0 bridgehead atoms. The summed E-state index contributed by atoms with van der Waals surface area (Å²) >= 11 is 0. The van der Waals surface area contributed by atoms with Crippen molar-refractivity contribution in [2.75, 3.05) is 14.1 Å². The molecule has 8 rings (SSSR count). The Morgan fingerprint density at radius 2 is 1.28 bits per heavy atom. The average molecular weight is 598 g/mol. The maximum atomic E-state index is 5.43. The summed E-state index contributed by atoms with van der Waals surface area (Å²) in [7, 11) is 3.71. The van der Waals surface area contributed by atoms with Crippen LogP contribution < -0.4 is 0 Å². The number of amidine groups is 1. The smallest absolute Gasteiger partial charge is 0.166 e. The number of allylic oxidation sites excluding steroid dienone is 3. The van der Waals surface area contributed by atoms with E-state index in [1.807, 2.05) is 27.1 Å². The maximum absolute atomic E-state index is 5.43.